The smallest absolute Gasteiger partial charge is 0.325 e. The quantitative estimate of drug-likeness (QED) is 0.707. The van der Waals surface area contributed by atoms with Gasteiger partial charge in [-0.1, -0.05) is 29.8 Å². The van der Waals surface area contributed by atoms with Gasteiger partial charge in [0.2, 0.25) is 5.91 Å². The van der Waals surface area contributed by atoms with Crippen LogP contribution in [0.15, 0.2) is 24.3 Å². The third-order valence-electron chi connectivity index (χ3n) is 3.88. The van der Waals surface area contributed by atoms with Crippen molar-refractivity contribution < 1.29 is 19.2 Å². The Bertz CT molecular complexity index is 714. The van der Waals surface area contributed by atoms with E-state index in [0.29, 0.717) is 5.56 Å². The molecular weight excluding hydrogens is 324 g/mol. The number of carbonyl (C=O) groups excluding carboxylic acids is 4. The Balaban J connectivity index is 2.09. The summed E-state index contributed by atoms with van der Waals surface area (Å²) in [6.45, 7) is 6.46. The minimum absolute atomic E-state index is 0.144. The van der Waals surface area contributed by atoms with Crippen LogP contribution >= 0.6 is 0 Å². The van der Waals surface area contributed by atoms with Crippen LogP contribution in [0.3, 0.4) is 0 Å². The fraction of sp³-hybridized carbons (Fsp3) is 0.412. The highest BCUT2D eigenvalue weighted by atomic mass is 16.2. The molecule has 0 bridgehead atoms. The van der Waals surface area contributed by atoms with E-state index < -0.39 is 36.0 Å². The molecule has 0 aliphatic carbocycles. The molecule has 6 amide bonds. The van der Waals surface area contributed by atoms with E-state index in [0.717, 1.165) is 10.5 Å². The number of carbonyl (C=O) groups is 4. The largest absolute Gasteiger partial charge is 0.336 e. The number of nitrogens with one attached hydrogen (secondary N) is 3. The molecule has 0 spiro atoms. The maximum Gasteiger partial charge on any atom is 0.325 e. The van der Waals surface area contributed by atoms with Gasteiger partial charge in [0.05, 0.1) is 0 Å². The fourth-order valence-electron chi connectivity index (χ4n) is 2.53. The molecule has 8 heteroatoms. The van der Waals surface area contributed by atoms with Gasteiger partial charge in [0.1, 0.15) is 12.1 Å². The standard InChI is InChI=1S/C17H22N4O4/c1-10(2)18-15(24)19-13(22)9-21-14(23)17(4,20-16(21)25)12-7-5-11(3)6-8-12/h5-8,10H,9H2,1-4H3,(H,20,25)(H2,18,19,22,24). The van der Waals surface area contributed by atoms with Crippen LogP contribution in [0.1, 0.15) is 31.9 Å². The van der Waals surface area contributed by atoms with Crippen LogP contribution in [0.4, 0.5) is 9.59 Å². The Morgan fingerprint density at radius 1 is 1.20 bits per heavy atom. The van der Waals surface area contributed by atoms with Crippen molar-refractivity contribution in [1.29, 1.82) is 0 Å². The fourth-order valence-corrected chi connectivity index (χ4v) is 2.53. The molecule has 1 aromatic rings. The average Bonchev–Trinajstić information content (AvgIpc) is 2.71. The van der Waals surface area contributed by atoms with E-state index in [1.54, 1.807) is 32.9 Å². The zero-order chi connectivity index (χ0) is 18.8. The lowest BCUT2D eigenvalue weighted by molar-refractivity contribution is -0.134. The van der Waals surface area contributed by atoms with Gasteiger partial charge in [-0.2, -0.15) is 0 Å². The summed E-state index contributed by atoms with van der Waals surface area (Å²) in [7, 11) is 0. The van der Waals surface area contributed by atoms with Crippen LogP contribution in [0.2, 0.25) is 0 Å². The zero-order valence-corrected chi connectivity index (χ0v) is 14.7. The summed E-state index contributed by atoms with van der Waals surface area (Å²) >= 11 is 0. The molecule has 0 radical (unpaired) electrons. The number of urea groups is 2. The van der Waals surface area contributed by atoms with E-state index in [4.69, 9.17) is 0 Å². The van der Waals surface area contributed by atoms with Gasteiger partial charge in [-0.3, -0.25) is 19.8 Å². The maximum absolute atomic E-state index is 12.7. The number of hydrogen-bond acceptors (Lipinski definition) is 4. The molecular formula is C17H22N4O4. The second-order valence-electron chi connectivity index (χ2n) is 6.49. The molecule has 1 heterocycles. The normalized spacial score (nSPS) is 19.8. The van der Waals surface area contributed by atoms with Crippen molar-refractivity contribution in [2.75, 3.05) is 6.54 Å². The predicted octanol–water partition coefficient (Wildman–Crippen LogP) is 0.996. The van der Waals surface area contributed by atoms with Gasteiger partial charge in [-0.25, -0.2) is 9.59 Å². The predicted molar refractivity (Wildman–Crippen MR) is 90.6 cm³/mol. The molecule has 2 rings (SSSR count). The first-order valence-corrected chi connectivity index (χ1v) is 7.95. The number of hydrogen-bond donors (Lipinski definition) is 3. The first-order chi connectivity index (χ1) is 11.6. The summed E-state index contributed by atoms with van der Waals surface area (Å²) in [5.74, 6) is -1.28. The van der Waals surface area contributed by atoms with Crippen LogP contribution in [-0.2, 0) is 15.1 Å². The molecule has 134 valence electrons. The maximum atomic E-state index is 12.7. The number of imide groups is 2. The van der Waals surface area contributed by atoms with Gasteiger partial charge in [0, 0.05) is 6.04 Å². The number of rotatable bonds is 4. The molecule has 1 aliphatic heterocycles. The molecule has 8 nitrogen and oxygen atoms in total. The van der Waals surface area contributed by atoms with Crippen LogP contribution in [-0.4, -0.2) is 41.4 Å². The van der Waals surface area contributed by atoms with Crippen LogP contribution in [0, 0.1) is 6.92 Å². The van der Waals surface area contributed by atoms with Crippen molar-refractivity contribution in [1.82, 2.24) is 20.9 Å². The number of amides is 6. The molecule has 25 heavy (non-hydrogen) atoms. The second kappa shape index (κ2) is 6.92. The minimum atomic E-state index is -1.24. The van der Waals surface area contributed by atoms with Crippen molar-refractivity contribution >= 4 is 23.9 Å². The van der Waals surface area contributed by atoms with Crippen LogP contribution < -0.4 is 16.0 Å². The monoisotopic (exact) mass is 346 g/mol. The van der Waals surface area contributed by atoms with E-state index in [1.165, 1.54) is 0 Å². The van der Waals surface area contributed by atoms with E-state index in [9.17, 15) is 19.2 Å². The first-order valence-electron chi connectivity index (χ1n) is 7.95. The first kappa shape index (κ1) is 18.4. The summed E-state index contributed by atoms with van der Waals surface area (Å²) in [5.41, 5.74) is 0.402. The lowest BCUT2D eigenvalue weighted by atomic mass is 9.91. The van der Waals surface area contributed by atoms with Crippen LogP contribution in [0.5, 0.6) is 0 Å². The highest BCUT2D eigenvalue weighted by molar-refractivity contribution is 6.10. The Labute approximate surface area is 145 Å². The number of nitrogens with zero attached hydrogens (tertiary/aromatic N) is 1. The summed E-state index contributed by atoms with van der Waals surface area (Å²) in [6, 6.07) is 5.70. The van der Waals surface area contributed by atoms with Crippen LogP contribution in [0.25, 0.3) is 0 Å². The molecule has 3 N–H and O–H groups in total. The Kier molecular flexibility index (Phi) is 5.10. The van der Waals surface area contributed by atoms with Crippen molar-refractivity contribution in [3.05, 3.63) is 35.4 Å². The Hall–Kier alpha value is -2.90. The van der Waals surface area contributed by atoms with Crippen molar-refractivity contribution in [3.8, 4) is 0 Å². The Morgan fingerprint density at radius 2 is 1.80 bits per heavy atom. The lowest BCUT2D eigenvalue weighted by Gasteiger charge is -2.22. The summed E-state index contributed by atoms with van der Waals surface area (Å²) < 4.78 is 0. The van der Waals surface area contributed by atoms with Gasteiger partial charge in [0.15, 0.2) is 0 Å². The molecule has 1 atom stereocenters. The third-order valence-corrected chi connectivity index (χ3v) is 3.88. The van der Waals surface area contributed by atoms with Gasteiger partial charge in [-0.15, -0.1) is 0 Å². The van der Waals surface area contributed by atoms with Gasteiger partial charge in [0.25, 0.3) is 5.91 Å². The molecule has 1 unspecified atom stereocenters. The SMILES string of the molecule is Cc1ccc(C2(C)NC(=O)N(CC(=O)NC(=O)NC(C)C)C2=O)cc1. The third kappa shape index (κ3) is 3.96. The minimum Gasteiger partial charge on any atom is -0.336 e. The highest BCUT2D eigenvalue weighted by Gasteiger charge is 2.49. The van der Waals surface area contributed by atoms with Crippen molar-refractivity contribution in [2.24, 2.45) is 0 Å². The van der Waals surface area contributed by atoms with Crippen molar-refractivity contribution in [2.45, 2.75) is 39.3 Å². The van der Waals surface area contributed by atoms with E-state index in [2.05, 4.69) is 16.0 Å². The van der Waals surface area contributed by atoms with Gasteiger partial charge < -0.3 is 10.6 Å². The molecule has 0 saturated carbocycles. The number of benzene rings is 1. The Morgan fingerprint density at radius 3 is 2.36 bits per heavy atom. The van der Waals surface area contributed by atoms with E-state index >= 15 is 0 Å². The lowest BCUT2D eigenvalue weighted by Crippen LogP contribution is -2.48. The summed E-state index contributed by atoms with van der Waals surface area (Å²) in [6.07, 6.45) is 0. The second-order valence-corrected chi connectivity index (χ2v) is 6.49. The molecule has 1 aliphatic rings. The molecule has 1 fully saturated rings. The van der Waals surface area contributed by atoms with Gasteiger partial charge >= 0.3 is 12.1 Å². The van der Waals surface area contributed by atoms with E-state index in [-0.39, 0.29) is 6.04 Å². The summed E-state index contributed by atoms with van der Waals surface area (Å²) in [4.78, 5) is 49.1. The van der Waals surface area contributed by atoms with E-state index in [1.807, 2.05) is 19.1 Å². The van der Waals surface area contributed by atoms with Gasteiger partial charge in [-0.05, 0) is 33.3 Å². The molecule has 1 saturated heterocycles. The van der Waals surface area contributed by atoms with Crippen molar-refractivity contribution in [3.63, 3.8) is 0 Å². The highest BCUT2D eigenvalue weighted by Crippen LogP contribution is 2.28. The zero-order valence-electron chi connectivity index (χ0n) is 14.7. The topological polar surface area (TPSA) is 108 Å². The molecule has 1 aromatic carbocycles. The average molecular weight is 346 g/mol. The molecule has 0 aromatic heterocycles. The summed E-state index contributed by atoms with van der Waals surface area (Å²) in [5, 5.41) is 7.20. The number of aryl methyl sites for hydroxylation is 1.